The van der Waals surface area contributed by atoms with E-state index in [4.69, 9.17) is 5.73 Å². The Hall–Kier alpha value is -0.430. The van der Waals surface area contributed by atoms with E-state index in [0.29, 0.717) is 0 Å². The van der Waals surface area contributed by atoms with Crippen LogP contribution in [0.1, 0.15) is 18.0 Å². The van der Waals surface area contributed by atoms with Gasteiger partial charge in [0, 0.05) is 19.6 Å². The highest BCUT2D eigenvalue weighted by Crippen LogP contribution is 2.29. The first kappa shape index (κ1) is 13.0. The van der Waals surface area contributed by atoms with Gasteiger partial charge in [-0.25, -0.2) is 0 Å². The number of hydrogen-bond acceptors (Lipinski definition) is 4. The van der Waals surface area contributed by atoms with Crippen LogP contribution in [-0.4, -0.2) is 37.0 Å². The lowest BCUT2D eigenvalue weighted by Gasteiger charge is -2.27. The van der Waals surface area contributed by atoms with E-state index in [9.17, 15) is 4.79 Å². The van der Waals surface area contributed by atoms with Crippen LogP contribution in [0.15, 0.2) is 15.2 Å². The number of nitrogens with two attached hydrogens (primary N) is 1. The van der Waals surface area contributed by atoms with E-state index in [1.807, 2.05) is 11.4 Å². The summed E-state index contributed by atoms with van der Waals surface area (Å²) >= 11 is 5.01. The molecule has 0 bridgehead atoms. The average molecular weight is 318 g/mol. The summed E-state index contributed by atoms with van der Waals surface area (Å²) in [5, 5.41) is 5.33. The Labute approximate surface area is 113 Å². The van der Waals surface area contributed by atoms with Gasteiger partial charge in [-0.2, -0.15) is 0 Å². The summed E-state index contributed by atoms with van der Waals surface area (Å²) in [6, 6.07) is 1.69. The van der Waals surface area contributed by atoms with E-state index < -0.39 is 0 Å². The molecule has 0 radical (unpaired) electrons. The largest absolute Gasteiger partial charge is 0.368 e. The molecule has 0 spiro atoms. The van der Waals surface area contributed by atoms with Crippen molar-refractivity contribution >= 4 is 33.2 Å². The summed E-state index contributed by atoms with van der Waals surface area (Å²) < 4.78 is 1.03. The highest BCUT2D eigenvalue weighted by atomic mass is 79.9. The zero-order valence-electron chi connectivity index (χ0n) is 9.49. The zero-order chi connectivity index (χ0) is 12.3. The molecule has 1 fully saturated rings. The fraction of sp³-hybridized carbons (Fsp3) is 0.545. The predicted molar refractivity (Wildman–Crippen MR) is 73.0 cm³/mol. The third-order valence-electron chi connectivity index (χ3n) is 2.91. The van der Waals surface area contributed by atoms with Crippen LogP contribution < -0.4 is 11.1 Å². The molecule has 1 aromatic heterocycles. The van der Waals surface area contributed by atoms with Crippen LogP contribution in [0.25, 0.3) is 0 Å². The average Bonchev–Trinajstić information content (AvgIpc) is 2.53. The number of nitrogens with zero attached hydrogens (tertiary/aromatic N) is 1. The van der Waals surface area contributed by atoms with Crippen LogP contribution >= 0.6 is 27.3 Å². The standard InChI is InChI=1S/C11H16BrN3OS/c12-9-6-8(7-17-9)10(11(13)16)15-4-1-2-14-3-5-15/h6-7,10,14H,1-5H2,(H2,13,16). The fourth-order valence-electron chi connectivity index (χ4n) is 2.15. The molecule has 0 aliphatic carbocycles. The Balaban J connectivity index is 2.18. The number of primary amides is 1. The maximum Gasteiger partial charge on any atom is 0.239 e. The topological polar surface area (TPSA) is 58.4 Å². The molecule has 6 heteroatoms. The lowest BCUT2D eigenvalue weighted by Crippen LogP contribution is -2.39. The first-order valence-corrected chi connectivity index (χ1v) is 7.34. The Bertz CT molecular complexity index is 388. The third kappa shape index (κ3) is 3.28. The minimum Gasteiger partial charge on any atom is -0.368 e. The molecule has 1 aliphatic heterocycles. The molecule has 2 heterocycles. The van der Waals surface area contributed by atoms with Crippen molar-refractivity contribution in [2.45, 2.75) is 12.5 Å². The van der Waals surface area contributed by atoms with Crippen molar-refractivity contribution in [3.8, 4) is 0 Å². The van der Waals surface area contributed by atoms with Crippen LogP contribution in [0.4, 0.5) is 0 Å². The van der Waals surface area contributed by atoms with Gasteiger partial charge in [0.25, 0.3) is 0 Å². The number of amides is 1. The number of nitrogens with one attached hydrogen (secondary N) is 1. The Morgan fingerprint density at radius 3 is 3.00 bits per heavy atom. The minimum absolute atomic E-state index is 0.266. The van der Waals surface area contributed by atoms with E-state index in [2.05, 4.69) is 26.1 Å². The fourth-order valence-corrected chi connectivity index (χ4v) is 3.34. The monoisotopic (exact) mass is 317 g/mol. The van der Waals surface area contributed by atoms with Gasteiger partial charge in [0.2, 0.25) is 5.91 Å². The van der Waals surface area contributed by atoms with Crippen molar-refractivity contribution in [2.24, 2.45) is 5.73 Å². The highest BCUT2D eigenvalue weighted by Gasteiger charge is 2.26. The van der Waals surface area contributed by atoms with Gasteiger partial charge in [0.15, 0.2) is 0 Å². The van der Waals surface area contributed by atoms with Crippen molar-refractivity contribution < 1.29 is 4.79 Å². The van der Waals surface area contributed by atoms with Gasteiger partial charge in [-0.05, 0) is 45.9 Å². The van der Waals surface area contributed by atoms with Gasteiger partial charge < -0.3 is 11.1 Å². The molecular weight excluding hydrogens is 302 g/mol. The van der Waals surface area contributed by atoms with Gasteiger partial charge in [-0.15, -0.1) is 11.3 Å². The van der Waals surface area contributed by atoms with Gasteiger partial charge in [0.1, 0.15) is 6.04 Å². The molecular formula is C11H16BrN3OS. The summed E-state index contributed by atoms with van der Waals surface area (Å²) in [4.78, 5) is 13.8. The second kappa shape index (κ2) is 5.95. The maximum atomic E-state index is 11.7. The Morgan fingerprint density at radius 2 is 2.35 bits per heavy atom. The quantitative estimate of drug-likeness (QED) is 0.884. The SMILES string of the molecule is NC(=O)C(c1csc(Br)c1)N1CCCNCC1. The second-order valence-electron chi connectivity index (χ2n) is 4.13. The number of hydrogen-bond donors (Lipinski definition) is 2. The number of thiophene rings is 1. The molecule has 1 aliphatic rings. The summed E-state index contributed by atoms with van der Waals surface area (Å²) in [7, 11) is 0. The summed E-state index contributed by atoms with van der Waals surface area (Å²) in [5.74, 6) is -0.266. The lowest BCUT2D eigenvalue weighted by molar-refractivity contribution is -0.123. The van der Waals surface area contributed by atoms with Crippen molar-refractivity contribution in [2.75, 3.05) is 26.2 Å². The minimum atomic E-state index is -0.294. The molecule has 1 unspecified atom stereocenters. The molecule has 3 N–H and O–H groups in total. The van der Waals surface area contributed by atoms with E-state index in [1.165, 1.54) is 0 Å². The third-order valence-corrected chi connectivity index (χ3v) is 4.44. The van der Waals surface area contributed by atoms with Crippen LogP contribution in [0.2, 0.25) is 0 Å². The van der Waals surface area contributed by atoms with Crippen LogP contribution in [0, 0.1) is 0 Å². The second-order valence-corrected chi connectivity index (χ2v) is 6.42. The smallest absolute Gasteiger partial charge is 0.239 e. The summed E-state index contributed by atoms with van der Waals surface area (Å²) in [5.41, 5.74) is 6.54. The van der Waals surface area contributed by atoms with Crippen LogP contribution in [-0.2, 0) is 4.79 Å². The van der Waals surface area contributed by atoms with Gasteiger partial charge in [-0.1, -0.05) is 0 Å². The van der Waals surface area contributed by atoms with E-state index in [-0.39, 0.29) is 11.9 Å². The summed E-state index contributed by atoms with van der Waals surface area (Å²) in [6.45, 7) is 3.69. The van der Waals surface area contributed by atoms with Gasteiger partial charge >= 0.3 is 0 Å². The van der Waals surface area contributed by atoms with Crippen molar-refractivity contribution in [1.29, 1.82) is 0 Å². The Kier molecular flexibility index (Phi) is 4.55. The molecule has 1 atom stereocenters. The first-order chi connectivity index (χ1) is 8.18. The van der Waals surface area contributed by atoms with Gasteiger partial charge in [0.05, 0.1) is 3.79 Å². The highest BCUT2D eigenvalue weighted by molar-refractivity contribution is 9.11. The Morgan fingerprint density at radius 1 is 1.53 bits per heavy atom. The maximum absolute atomic E-state index is 11.7. The number of carbonyl (C=O) groups is 1. The van der Waals surface area contributed by atoms with Gasteiger partial charge in [-0.3, -0.25) is 9.69 Å². The van der Waals surface area contributed by atoms with Crippen LogP contribution in [0.5, 0.6) is 0 Å². The van der Waals surface area contributed by atoms with Crippen molar-refractivity contribution in [3.05, 3.63) is 20.8 Å². The summed E-state index contributed by atoms with van der Waals surface area (Å²) in [6.07, 6.45) is 1.05. The molecule has 2 rings (SSSR count). The van der Waals surface area contributed by atoms with Crippen molar-refractivity contribution in [3.63, 3.8) is 0 Å². The number of halogens is 1. The molecule has 17 heavy (non-hydrogen) atoms. The predicted octanol–water partition coefficient (Wildman–Crippen LogP) is 1.33. The first-order valence-electron chi connectivity index (χ1n) is 5.66. The molecule has 94 valence electrons. The van der Waals surface area contributed by atoms with Crippen LogP contribution in [0.3, 0.4) is 0 Å². The molecule has 1 aromatic rings. The lowest BCUT2D eigenvalue weighted by atomic mass is 10.1. The number of carbonyl (C=O) groups excluding carboxylic acids is 1. The van der Waals surface area contributed by atoms with E-state index in [1.54, 1.807) is 11.3 Å². The molecule has 4 nitrogen and oxygen atoms in total. The zero-order valence-corrected chi connectivity index (χ0v) is 11.9. The van der Waals surface area contributed by atoms with E-state index >= 15 is 0 Å². The van der Waals surface area contributed by atoms with Crippen molar-refractivity contribution in [1.82, 2.24) is 10.2 Å². The molecule has 0 saturated carbocycles. The number of rotatable bonds is 3. The molecule has 1 saturated heterocycles. The molecule has 1 amide bonds. The normalized spacial score (nSPS) is 19.8. The van der Waals surface area contributed by atoms with E-state index in [0.717, 1.165) is 41.9 Å². The molecule has 0 aromatic carbocycles.